The van der Waals surface area contributed by atoms with E-state index in [0.717, 1.165) is 55.9 Å². The van der Waals surface area contributed by atoms with Crippen LogP contribution < -0.4 is 0 Å². The van der Waals surface area contributed by atoms with E-state index in [9.17, 15) is 0 Å². The average Bonchev–Trinajstić information content (AvgIpc) is 3.57. The van der Waals surface area contributed by atoms with Gasteiger partial charge >= 0.3 is 0 Å². The van der Waals surface area contributed by atoms with Crippen LogP contribution in [0.1, 0.15) is 0 Å². The number of aromatic nitrogens is 6. The molecular weight excluding hydrogens is 408 g/mol. The molecule has 0 amide bonds. The largest absolute Gasteiger partial charge is 0.313 e. The number of rotatable bonds is 1. The van der Waals surface area contributed by atoms with Crippen molar-refractivity contribution in [2.75, 3.05) is 0 Å². The van der Waals surface area contributed by atoms with Crippen molar-refractivity contribution >= 4 is 55.7 Å². The maximum atomic E-state index is 5.01. The smallest absolute Gasteiger partial charge is 0.220 e. The second kappa shape index (κ2) is 5.81. The Labute approximate surface area is 187 Å². The molecule has 4 heterocycles. The maximum Gasteiger partial charge on any atom is 0.220 e. The Kier molecular flexibility index (Phi) is 3.00. The van der Waals surface area contributed by atoms with Crippen LogP contribution in [0.15, 0.2) is 91.0 Å². The van der Waals surface area contributed by atoms with Crippen LogP contribution in [0.3, 0.4) is 0 Å². The number of nitrogens with zero attached hydrogens (tertiary/aromatic N) is 6. The molecule has 0 aliphatic heterocycles. The van der Waals surface area contributed by atoms with Crippen LogP contribution >= 0.6 is 0 Å². The molecule has 6 heteroatoms. The van der Waals surface area contributed by atoms with Crippen LogP contribution in [0.2, 0.25) is 0 Å². The summed E-state index contributed by atoms with van der Waals surface area (Å²) in [5.41, 5.74) is 9.84. The number of hydrogen-bond acceptors (Lipinski definition) is 2. The molecule has 8 rings (SSSR count). The highest BCUT2D eigenvalue weighted by Gasteiger charge is 2.19. The number of hydrogen-bond donors (Lipinski definition) is 0. The number of benzene rings is 4. The summed E-state index contributed by atoms with van der Waals surface area (Å²) in [5.74, 6) is 1.85. The molecule has 0 unspecified atom stereocenters. The Morgan fingerprint density at radius 3 is 1.91 bits per heavy atom. The molecule has 0 spiro atoms. The van der Waals surface area contributed by atoms with Gasteiger partial charge in [-0.3, -0.25) is 13.4 Å². The zero-order valence-electron chi connectivity index (χ0n) is 17.8. The van der Waals surface area contributed by atoms with Gasteiger partial charge in [0.1, 0.15) is 0 Å². The lowest BCUT2D eigenvalue weighted by Crippen LogP contribution is -1.95. The molecular formula is C27H18N6. The van der Waals surface area contributed by atoms with E-state index in [1.165, 1.54) is 5.52 Å². The predicted molar refractivity (Wildman–Crippen MR) is 132 cm³/mol. The van der Waals surface area contributed by atoms with E-state index >= 15 is 0 Å². The first-order valence-corrected chi connectivity index (χ1v) is 11.0. The molecule has 0 aliphatic carbocycles. The Bertz CT molecular complexity index is 2050. The summed E-state index contributed by atoms with van der Waals surface area (Å²) < 4.78 is 8.90. The molecule has 6 nitrogen and oxygen atoms in total. The highest BCUT2D eigenvalue weighted by Crippen LogP contribution is 2.31. The van der Waals surface area contributed by atoms with Gasteiger partial charge in [0.05, 0.1) is 49.8 Å². The van der Waals surface area contributed by atoms with Crippen molar-refractivity contribution in [2.45, 2.75) is 0 Å². The molecule has 0 fully saturated rings. The van der Waals surface area contributed by atoms with Gasteiger partial charge in [-0.25, -0.2) is 9.97 Å². The van der Waals surface area contributed by atoms with Gasteiger partial charge < -0.3 is 4.57 Å². The SMILES string of the molecule is Cn1c2ccccc2n2c3cc(-n4c5ccccc5n5c6ccccc6nc45)ccc3nc12. The minimum absolute atomic E-state index is 0.912. The first-order chi connectivity index (χ1) is 16.3. The highest BCUT2D eigenvalue weighted by molar-refractivity contribution is 5.94. The summed E-state index contributed by atoms with van der Waals surface area (Å²) in [7, 11) is 2.07. The molecule has 33 heavy (non-hydrogen) atoms. The number of imidazole rings is 4. The zero-order chi connectivity index (χ0) is 21.7. The summed E-state index contributed by atoms with van der Waals surface area (Å²) in [4.78, 5) is 9.94. The molecule has 0 aliphatic rings. The van der Waals surface area contributed by atoms with E-state index in [0.29, 0.717) is 0 Å². The third kappa shape index (κ3) is 2.03. The van der Waals surface area contributed by atoms with Crippen LogP contribution in [-0.2, 0) is 7.05 Å². The molecule has 4 aromatic heterocycles. The molecule has 0 atom stereocenters. The van der Waals surface area contributed by atoms with Gasteiger partial charge in [0.2, 0.25) is 11.6 Å². The van der Waals surface area contributed by atoms with E-state index in [4.69, 9.17) is 9.97 Å². The third-order valence-electron chi connectivity index (χ3n) is 6.77. The molecule has 0 N–H and O–H groups in total. The topological polar surface area (TPSA) is 44.5 Å². The average molecular weight is 426 g/mol. The first kappa shape index (κ1) is 17.0. The lowest BCUT2D eigenvalue weighted by atomic mass is 10.2. The van der Waals surface area contributed by atoms with E-state index in [2.05, 4.69) is 110 Å². The van der Waals surface area contributed by atoms with Crippen LogP contribution in [0.5, 0.6) is 0 Å². The summed E-state index contributed by atoms with van der Waals surface area (Å²) in [6.45, 7) is 0. The number of aryl methyl sites for hydroxylation is 1. The number of fused-ring (bicyclic) bond motifs is 10. The second-order valence-corrected chi connectivity index (χ2v) is 8.53. The standard InChI is InChI=1S/C27H18N6/c1-30-21-10-4-5-11-22(21)33-25-16-17(14-15-19(25)28-26(30)33)31-23-12-6-7-13-24(23)32-20-9-3-2-8-18(20)29-27(31)32/h2-16H,1H3. The van der Waals surface area contributed by atoms with Crippen molar-refractivity contribution in [1.82, 2.24) is 27.9 Å². The highest BCUT2D eigenvalue weighted by atomic mass is 15.2. The Morgan fingerprint density at radius 2 is 1.09 bits per heavy atom. The minimum Gasteiger partial charge on any atom is -0.313 e. The maximum absolute atomic E-state index is 5.01. The lowest BCUT2D eigenvalue weighted by Gasteiger charge is -2.06. The molecule has 156 valence electrons. The minimum atomic E-state index is 0.912. The van der Waals surface area contributed by atoms with Crippen LogP contribution in [0.25, 0.3) is 61.4 Å². The van der Waals surface area contributed by atoms with E-state index in [-0.39, 0.29) is 0 Å². The van der Waals surface area contributed by atoms with Crippen molar-refractivity contribution in [1.29, 1.82) is 0 Å². The van der Waals surface area contributed by atoms with Crippen molar-refractivity contribution < 1.29 is 0 Å². The van der Waals surface area contributed by atoms with Gasteiger partial charge in [-0.15, -0.1) is 0 Å². The fraction of sp³-hybridized carbons (Fsp3) is 0.0370. The van der Waals surface area contributed by atoms with Crippen LogP contribution in [0.4, 0.5) is 0 Å². The van der Waals surface area contributed by atoms with E-state index in [1.54, 1.807) is 0 Å². The number of para-hydroxylation sites is 6. The van der Waals surface area contributed by atoms with E-state index < -0.39 is 0 Å². The summed E-state index contributed by atoms with van der Waals surface area (Å²) in [5, 5.41) is 0. The van der Waals surface area contributed by atoms with Crippen LogP contribution in [-0.4, -0.2) is 27.9 Å². The third-order valence-corrected chi connectivity index (χ3v) is 6.77. The summed E-state index contributed by atoms with van der Waals surface area (Å²) in [6, 6.07) is 31.7. The van der Waals surface area contributed by atoms with Gasteiger partial charge in [0.15, 0.2) is 0 Å². The quantitative estimate of drug-likeness (QED) is 0.337. The Hall–Kier alpha value is -4.58. The van der Waals surface area contributed by atoms with Crippen molar-refractivity contribution in [3.63, 3.8) is 0 Å². The van der Waals surface area contributed by atoms with Crippen LogP contribution in [0, 0.1) is 0 Å². The fourth-order valence-electron chi connectivity index (χ4n) is 5.30. The molecule has 0 saturated heterocycles. The summed E-state index contributed by atoms with van der Waals surface area (Å²) >= 11 is 0. The predicted octanol–water partition coefficient (Wildman–Crippen LogP) is 5.72. The Morgan fingerprint density at radius 1 is 0.515 bits per heavy atom. The molecule has 4 aromatic carbocycles. The Balaban J connectivity index is 1.53. The van der Waals surface area contributed by atoms with Gasteiger partial charge in [-0.2, -0.15) is 0 Å². The molecule has 0 bridgehead atoms. The van der Waals surface area contributed by atoms with E-state index in [1.807, 2.05) is 6.07 Å². The molecule has 0 radical (unpaired) electrons. The van der Waals surface area contributed by atoms with Gasteiger partial charge in [-0.1, -0.05) is 36.4 Å². The van der Waals surface area contributed by atoms with Gasteiger partial charge in [0.25, 0.3) is 0 Å². The normalized spacial score (nSPS) is 12.4. The van der Waals surface area contributed by atoms with Crippen molar-refractivity contribution in [3.05, 3.63) is 91.0 Å². The zero-order valence-corrected chi connectivity index (χ0v) is 17.8. The molecule has 0 saturated carbocycles. The van der Waals surface area contributed by atoms with Gasteiger partial charge in [-0.05, 0) is 54.6 Å². The van der Waals surface area contributed by atoms with Gasteiger partial charge in [0, 0.05) is 7.05 Å². The fourth-order valence-corrected chi connectivity index (χ4v) is 5.30. The van der Waals surface area contributed by atoms with Crippen molar-refractivity contribution in [2.24, 2.45) is 7.05 Å². The second-order valence-electron chi connectivity index (χ2n) is 8.53. The molecule has 8 aromatic rings. The lowest BCUT2D eigenvalue weighted by molar-refractivity contribution is 0.973. The summed E-state index contributed by atoms with van der Waals surface area (Å²) in [6.07, 6.45) is 0. The van der Waals surface area contributed by atoms with Crippen molar-refractivity contribution in [3.8, 4) is 5.69 Å². The first-order valence-electron chi connectivity index (χ1n) is 11.0. The monoisotopic (exact) mass is 426 g/mol.